The van der Waals surface area contributed by atoms with E-state index in [-0.39, 0.29) is 11.2 Å². The second-order valence-corrected chi connectivity index (χ2v) is 5.45. The lowest BCUT2D eigenvalue weighted by Crippen LogP contribution is -2.39. The molecule has 2 rings (SSSR count). The largest absolute Gasteiger partial charge is 0.330 e. The molecule has 5 heteroatoms. The molecule has 5 nitrogen and oxygen atoms in total. The summed E-state index contributed by atoms with van der Waals surface area (Å²) in [4.78, 5) is 23.5. The highest BCUT2D eigenvalue weighted by atomic mass is 16.2. The van der Waals surface area contributed by atoms with Crippen LogP contribution in [-0.2, 0) is 20.6 Å². The summed E-state index contributed by atoms with van der Waals surface area (Å²) in [5, 5.41) is 3.29. The van der Waals surface area contributed by atoms with Crippen LogP contribution < -0.4 is 16.6 Å². The molecule has 0 aliphatic heterocycles. The fourth-order valence-electron chi connectivity index (χ4n) is 2.61. The number of nitrogens with one attached hydrogen (secondary N) is 1. The third-order valence-electron chi connectivity index (χ3n) is 3.84. The zero-order valence-electron chi connectivity index (χ0n) is 12.3. The van der Waals surface area contributed by atoms with Gasteiger partial charge in [0.1, 0.15) is 0 Å². The molecule has 1 aromatic heterocycles. The van der Waals surface area contributed by atoms with Crippen molar-refractivity contribution in [3.63, 3.8) is 0 Å². The van der Waals surface area contributed by atoms with Gasteiger partial charge < -0.3 is 9.88 Å². The lowest BCUT2D eigenvalue weighted by atomic mass is 9.97. The van der Waals surface area contributed by atoms with Crippen LogP contribution in [0.5, 0.6) is 0 Å². The number of aryl methyl sites for hydroxylation is 1. The molecule has 0 spiro atoms. The van der Waals surface area contributed by atoms with Crippen LogP contribution in [0, 0.1) is 0 Å². The van der Waals surface area contributed by atoms with Crippen LogP contribution in [0.3, 0.4) is 0 Å². The molecule has 0 bridgehead atoms. The number of nitrogens with zero attached hydrogens (tertiary/aromatic N) is 2. The third kappa shape index (κ3) is 3.48. The smallest absolute Gasteiger partial charge is 0.312 e. The summed E-state index contributed by atoms with van der Waals surface area (Å²) in [5.74, 6) is 0. The van der Waals surface area contributed by atoms with E-state index >= 15 is 0 Å². The Balaban J connectivity index is 1.90. The molecule has 1 aliphatic rings. The van der Waals surface area contributed by atoms with Crippen LogP contribution in [0.1, 0.15) is 37.7 Å². The molecule has 0 radical (unpaired) electrons. The zero-order chi connectivity index (χ0) is 14.5. The van der Waals surface area contributed by atoms with Crippen LogP contribution in [0.15, 0.2) is 27.4 Å². The number of aromatic nitrogens is 2. The molecule has 0 saturated heterocycles. The van der Waals surface area contributed by atoms with E-state index in [1.54, 1.807) is 13.2 Å². The SMILES string of the molecule is Cn1cc(CNCCC2=CCCCC2)c(=O)n(C)c1=O. The summed E-state index contributed by atoms with van der Waals surface area (Å²) in [6.45, 7) is 1.38. The molecule has 0 unspecified atom stereocenters. The van der Waals surface area contributed by atoms with Gasteiger partial charge in [0, 0.05) is 32.4 Å². The molecule has 110 valence electrons. The van der Waals surface area contributed by atoms with Crippen molar-refractivity contribution in [3.05, 3.63) is 44.2 Å². The summed E-state index contributed by atoms with van der Waals surface area (Å²) in [5.41, 5.74) is 1.66. The van der Waals surface area contributed by atoms with Gasteiger partial charge in [0.15, 0.2) is 0 Å². The van der Waals surface area contributed by atoms with E-state index in [9.17, 15) is 9.59 Å². The van der Waals surface area contributed by atoms with Gasteiger partial charge in [0.2, 0.25) is 0 Å². The van der Waals surface area contributed by atoms with Gasteiger partial charge in [-0.1, -0.05) is 11.6 Å². The van der Waals surface area contributed by atoms with Crippen LogP contribution >= 0.6 is 0 Å². The maximum atomic E-state index is 11.9. The average Bonchev–Trinajstić information content (AvgIpc) is 2.47. The van der Waals surface area contributed by atoms with Gasteiger partial charge >= 0.3 is 5.69 Å². The van der Waals surface area contributed by atoms with E-state index in [0.717, 1.165) is 17.5 Å². The first-order valence-electron chi connectivity index (χ1n) is 7.24. The van der Waals surface area contributed by atoms with Gasteiger partial charge in [0.25, 0.3) is 5.56 Å². The number of allylic oxidation sites excluding steroid dienone is 1. The van der Waals surface area contributed by atoms with Gasteiger partial charge in [0.05, 0.1) is 0 Å². The Kier molecular flexibility index (Phi) is 4.95. The van der Waals surface area contributed by atoms with Crippen molar-refractivity contribution in [1.82, 2.24) is 14.5 Å². The van der Waals surface area contributed by atoms with Crippen molar-refractivity contribution in [3.8, 4) is 0 Å². The summed E-state index contributed by atoms with van der Waals surface area (Å²) in [6, 6.07) is 0. The molecule has 0 aromatic carbocycles. The molecule has 1 aromatic rings. The number of hydrogen-bond donors (Lipinski definition) is 1. The maximum Gasteiger partial charge on any atom is 0.330 e. The van der Waals surface area contributed by atoms with Crippen LogP contribution in [0.2, 0.25) is 0 Å². The minimum atomic E-state index is -0.286. The van der Waals surface area contributed by atoms with Gasteiger partial charge in [-0.05, 0) is 38.6 Å². The van der Waals surface area contributed by atoms with Crippen molar-refractivity contribution < 1.29 is 0 Å². The Hall–Kier alpha value is -1.62. The summed E-state index contributed by atoms with van der Waals surface area (Å²) >= 11 is 0. The lowest BCUT2D eigenvalue weighted by Gasteiger charge is -2.13. The van der Waals surface area contributed by atoms with E-state index < -0.39 is 0 Å². The van der Waals surface area contributed by atoms with Crippen LogP contribution in [0.4, 0.5) is 0 Å². The molecule has 1 N–H and O–H groups in total. The number of hydrogen-bond acceptors (Lipinski definition) is 3. The summed E-state index contributed by atoms with van der Waals surface area (Å²) in [7, 11) is 3.18. The van der Waals surface area contributed by atoms with E-state index in [1.807, 2.05) is 0 Å². The highest BCUT2D eigenvalue weighted by molar-refractivity contribution is 5.07. The third-order valence-corrected chi connectivity index (χ3v) is 3.84. The normalized spacial score (nSPS) is 15.2. The van der Waals surface area contributed by atoms with E-state index in [1.165, 1.54) is 42.9 Å². The van der Waals surface area contributed by atoms with E-state index in [0.29, 0.717) is 12.1 Å². The Morgan fingerprint density at radius 1 is 1.25 bits per heavy atom. The van der Waals surface area contributed by atoms with Crippen molar-refractivity contribution in [2.45, 2.75) is 38.6 Å². The molecular formula is C15H23N3O2. The van der Waals surface area contributed by atoms with Gasteiger partial charge in [-0.15, -0.1) is 0 Å². The molecule has 0 atom stereocenters. The predicted molar refractivity (Wildman–Crippen MR) is 79.8 cm³/mol. The first-order chi connectivity index (χ1) is 9.59. The Morgan fingerprint density at radius 3 is 2.75 bits per heavy atom. The van der Waals surface area contributed by atoms with E-state index in [4.69, 9.17) is 0 Å². The quantitative estimate of drug-likeness (QED) is 0.647. The maximum absolute atomic E-state index is 11.9. The van der Waals surface area contributed by atoms with Gasteiger partial charge in [-0.2, -0.15) is 0 Å². The first kappa shape index (κ1) is 14.8. The molecule has 1 heterocycles. The Labute approximate surface area is 118 Å². The highest BCUT2D eigenvalue weighted by Gasteiger charge is 2.07. The Bertz CT molecular complexity index is 611. The zero-order valence-corrected chi connectivity index (χ0v) is 12.3. The number of rotatable bonds is 5. The monoisotopic (exact) mass is 277 g/mol. The summed E-state index contributed by atoms with van der Waals surface area (Å²) < 4.78 is 2.60. The van der Waals surface area contributed by atoms with Crippen molar-refractivity contribution in [1.29, 1.82) is 0 Å². The van der Waals surface area contributed by atoms with Gasteiger partial charge in [-0.25, -0.2) is 4.79 Å². The van der Waals surface area contributed by atoms with E-state index in [2.05, 4.69) is 11.4 Å². The second kappa shape index (κ2) is 6.70. The standard InChI is InChI=1S/C15H23N3O2/c1-17-11-13(14(19)18(2)15(17)20)10-16-9-8-12-6-4-3-5-7-12/h6,11,16H,3-5,7-10H2,1-2H3. The molecule has 0 saturated carbocycles. The predicted octanol–water partition coefficient (Wildman–Crippen LogP) is 1.06. The van der Waals surface area contributed by atoms with Crippen molar-refractivity contribution in [2.24, 2.45) is 14.1 Å². The molecule has 20 heavy (non-hydrogen) atoms. The Morgan fingerprint density at radius 2 is 2.05 bits per heavy atom. The topological polar surface area (TPSA) is 56.0 Å². The first-order valence-corrected chi connectivity index (χ1v) is 7.24. The fourth-order valence-corrected chi connectivity index (χ4v) is 2.61. The highest BCUT2D eigenvalue weighted by Crippen LogP contribution is 2.19. The summed E-state index contributed by atoms with van der Waals surface area (Å²) in [6.07, 6.45) is 10.0. The minimum Gasteiger partial charge on any atom is -0.312 e. The van der Waals surface area contributed by atoms with Crippen molar-refractivity contribution in [2.75, 3.05) is 6.54 Å². The van der Waals surface area contributed by atoms with Crippen LogP contribution in [0.25, 0.3) is 0 Å². The fraction of sp³-hybridized carbons (Fsp3) is 0.600. The molecule has 0 amide bonds. The van der Waals surface area contributed by atoms with Crippen molar-refractivity contribution >= 4 is 0 Å². The molecular weight excluding hydrogens is 254 g/mol. The van der Waals surface area contributed by atoms with Crippen LogP contribution in [-0.4, -0.2) is 15.7 Å². The molecule has 1 aliphatic carbocycles. The minimum absolute atomic E-state index is 0.211. The average molecular weight is 277 g/mol. The van der Waals surface area contributed by atoms with Gasteiger partial charge in [-0.3, -0.25) is 9.36 Å². The molecule has 0 fully saturated rings. The second-order valence-electron chi connectivity index (χ2n) is 5.45. The lowest BCUT2D eigenvalue weighted by molar-refractivity contribution is 0.612.